The molecule has 3 aromatic rings. The van der Waals surface area contributed by atoms with Crippen molar-refractivity contribution in [3.05, 3.63) is 60.1 Å². The number of nitrogens with zero attached hydrogens (tertiary/aromatic N) is 4. The van der Waals surface area contributed by atoms with Crippen LogP contribution in [0, 0.1) is 12.7 Å². The Morgan fingerprint density at radius 3 is 2.78 bits per heavy atom. The number of amides is 1. The van der Waals surface area contributed by atoms with Crippen molar-refractivity contribution in [3.63, 3.8) is 0 Å². The first-order valence-corrected chi connectivity index (χ1v) is 6.74. The van der Waals surface area contributed by atoms with E-state index in [2.05, 4.69) is 20.4 Å². The Morgan fingerprint density at radius 1 is 1.30 bits per heavy atom. The van der Waals surface area contributed by atoms with Crippen molar-refractivity contribution in [2.45, 2.75) is 6.92 Å². The lowest BCUT2D eigenvalue weighted by Gasteiger charge is -2.04. The lowest BCUT2D eigenvalue weighted by Crippen LogP contribution is -2.14. The number of nitrogens with two attached hydrogens (primary N) is 1. The van der Waals surface area contributed by atoms with Crippen LogP contribution in [0.15, 0.2) is 42.9 Å². The quantitative estimate of drug-likeness (QED) is 0.767. The molecule has 1 aromatic carbocycles. The number of carbonyl (C=O) groups is 1. The Bertz CT molecular complexity index is 876. The van der Waals surface area contributed by atoms with E-state index in [0.717, 1.165) is 5.69 Å². The summed E-state index contributed by atoms with van der Waals surface area (Å²) in [5.41, 5.74) is 6.63. The van der Waals surface area contributed by atoms with Crippen molar-refractivity contribution in [2.24, 2.45) is 5.73 Å². The van der Waals surface area contributed by atoms with Crippen LogP contribution in [0.2, 0.25) is 0 Å². The summed E-state index contributed by atoms with van der Waals surface area (Å²) in [6.07, 6.45) is 2.87. The lowest BCUT2D eigenvalue weighted by molar-refractivity contribution is 0.0996. The van der Waals surface area contributed by atoms with Gasteiger partial charge in [-0.15, -0.1) is 0 Å². The van der Waals surface area contributed by atoms with E-state index in [1.165, 1.54) is 23.3 Å². The van der Waals surface area contributed by atoms with Crippen LogP contribution in [-0.4, -0.2) is 25.7 Å². The number of nitrogens with one attached hydrogen (secondary N) is 1. The van der Waals surface area contributed by atoms with Gasteiger partial charge in [0.05, 0.1) is 11.9 Å². The van der Waals surface area contributed by atoms with Crippen LogP contribution >= 0.6 is 0 Å². The van der Waals surface area contributed by atoms with Crippen molar-refractivity contribution >= 4 is 17.4 Å². The molecule has 0 radical (unpaired) electrons. The van der Waals surface area contributed by atoms with Gasteiger partial charge in [0.2, 0.25) is 0 Å². The minimum atomic E-state index is -0.728. The van der Waals surface area contributed by atoms with Crippen LogP contribution in [0.1, 0.15) is 16.2 Å². The fourth-order valence-corrected chi connectivity index (χ4v) is 2.07. The number of hydrogen-bond acceptors (Lipinski definition) is 5. The van der Waals surface area contributed by atoms with Gasteiger partial charge in [-0.05, 0) is 19.1 Å². The largest absolute Gasteiger partial charge is 0.364 e. The van der Waals surface area contributed by atoms with Crippen LogP contribution < -0.4 is 11.1 Å². The second-order valence-corrected chi connectivity index (χ2v) is 4.82. The third kappa shape index (κ3) is 3.00. The average Bonchev–Trinajstić information content (AvgIpc) is 2.91. The van der Waals surface area contributed by atoms with Gasteiger partial charge in [-0.2, -0.15) is 5.10 Å². The molecule has 0 fully saturated rings. The van der Waals surface area contributed by atoms with Crippen LogP contribution in [0.3, 0.4) is 0 Å². The zero-order valence-corrected chi connectivity index (χ0v) is 12.2. The normalized spacial score (nSPS) is 10.5. The minimum absolute atomic E-state index is 0.00971. The third-order valence-corrected chi connectivity index (χ3v) is 3.11. The summed E-state index contributed by atoms with van der Waals surface area (Å²) in [5.74, 6) is -0.711. The van der Waals surface area contributed by atoms with Crippen molar-refractivity contribution < 1.29 is 9.18 Å². The van der Waals surface area contributed by atoms with E-state index in [4.69, 9.17) is 5.73 Å². The molecular formula is C15H13FN6O. The summed E-state index contributed by atoms with van der Waals surface area (Å²) in [6, 6.07) is 7.80. The van der Waals surface area contributed by atoms with Gasteiger partial charge in [0.15, 0.2) is 5.69 Å². The number of benzene rings is 1. The zero-order chi connectivity index (χ0) is 16.4. The molecule has 116 valence electrons. The first kappa shape index (κ1) is 14.6. The number of halogens is 1. The minimum Gasteiger partial charge on any atom is -0.364 e. The van der Waals surface area contributed by atoms with Gasteiger partial charge in [0.25, 0.3) is 5.91 Å². The molecule has 0 unspecified atom stereocenters. The van der Waals surface area contributed by atoms with E-state index in [1.54, 1.807) is 24.3 Å². The maximum Gasteiger partial charge on any atom is 0.271 e. The van der Waals surface area contributed by atoms with Gasteiger partial charge < -0.3 is 11.1 Å². The molecule has 7 nitrogen and oxygen atoms in total. The average molecular weight is 312 g/mol. The molecule has 0 spiro atoms. The van der Waals surface area contributed by atoms with Crippen LogP contribution in [0.4, 0.5) is 15.9 Å². The summed E-state index contributed by atoms with van der Waals surface area (Å²) < 4.78 is 15.1. The number of carbonyl (C=O) groups excluding carboxylic acids is 1. The Balaban J connectivity index is 2.03. The number of anilines is 2. The van der Waals surface area contributed by atoms with Crippen LogP contribution in [0.25, 0.3) is 5.69 Å². The fourth-order valence-electron chi connectivity index (χ4n) is 2.07. The van der Waals surface area contributed by atoms with E-state index in [0.29, 0.717) is 11.5 Å². The van der Waals surface area contributed by atoms with Gasteiger partial charge in [-0.1, -0.05) is 12.1 Å². The second-order valence-electron chi connectivity index (χ2n) is 4.82. The van der Waals surface area contributed by atoms with Crippen LogP contribution in [0.5, 0.6) is 0 Å². The molecule has 0 saturated heterocycles. The molecular weight excluding hydrogens is 299 g/mol. The number of primary amides is 1. The Labute approximate surface area is 131 Å². The molecule has 0 bridgehead atoms. The molecule has 1 amide bonds. The van der Waals surface area contributed by atoms with Gasteiger partial charge in [0.1, 0.15) is 23.6 Å². The Hall–Kier alpha value is -3.29. The molecule has 3 rings (SSSR count). The van der Waals surface area contributed by atoms with E-state index in [9.17, 15) is 9.18 Å². The lowest BCUT2D eigenvalue weighted by atomic mass is 10.3. The summed E-state index contributed by atoms with van der Waals surface area (Å²) in [7, 11) is 0. The number of aryl methyl sites for hydroxylation is 1. The smallest absolute Gasteiger partial charge is 0.271 e. The highest BCUT2D eigenvalue weighted by atomic mass is 19.1. The maximum absolute atomic E-state index is 13.9. The molecule has 2 heterocycles. The highest BCUT2D eigenvalue weighted by molar-refractivity contribution is 5.97. The second kappa shape index (κ2) is 5.84. The van der Waals surface area contributed by atoms with E-state index >= 15 is 0 Å². The summed E-state index contributed by atoms with van der Waals surface area (Å²) in [5, 5.41) is 7.00. The maximum atomic E-state index is 13.9. The van der Waals surface area contributed by atoms with Crippen LogP contribution in [-0.2, 0) is 0 Å². The highest BCUT2D eigenvalue weighted by Crippen LogP contribution is 2.22. The zero-order valence-electron chi connectivity index (χ0n) is 12.2. The Morgan fingerprint density at radius 2 is 2.09 bits per heavy atom. The highest BCUT2D eigenvalue weighted by Gasteiger charge is 2.17. The predicted octanol–water partition coefficient (Wildman–Crippen LogP) is 1.95. The third-order valence-electron chi connectivity index (χ3n) is 3.11. The van der Waals surface area contributed by atoms with E-state index in [1.807, 2.05) is 6.92 Å². The van der Waals surface area contributed by atoms with Crippen molar-refractivity contribution in [2.75, 3.05) is 5.32 Å². The summed E-state index contributed by atoms with van der Waals surface area (Å²) >= 11 is 0. The van der Waals surface area contributed by atoms with Crippen molar-refractivity contribution in [1.29, 1.82) is 0 Å². The van der Waals surface area contributed by atoms with Gasteiger partial charge in [-0.25, -0.2) is 19.0 Å². The van der Waals surface area contributed by atoms with Crippen molar-refractivity contribution in [3.8, 4) is 5.69 Å². The fraction of sp³-hybridized carbons (Fsp3) is 0.0667. The first-order valence-electron chi connectivity index (χ1n) is 6.74. The molecule has 0 saturated carbocycles. The van der Waals surface area contributed by atoms with E-state index in [-0.39, 0.29) is 11.4 Å². The molecule has 0 aliphatic rings. The van der Waals surface area contributed by atoms with Gasteiger partial charge in [0, 0.05) is 11.8 Å². The molecule has 23 heavy (non-hydrogen) atoms. The Kier molecular flexibility index (Phi) is 3.71. The first-order chi connectivity index (χ1) is 11.0. The molecule has 3 N–H and O–H groups in total. The molecule has 8 heteroatoms. The van der Waals surface area contributed by atoms with Gasteiger partial charge >= 0.3 is 0 Å². The number of para-hydroxylation sites is 1. The monoisotopic (exact) mass is 312 g/mol. The molecule has 0 aliphatic heterocycles. The summed E-state index contributed by atoms with van der Waals surface area (Å²) in [4.78, 5) is 19.6. The van der Waals surface area contributed by atoms with Crippen molar-refractivity contribution in [1.82, 2.24) is 19.7 Å². The SMILES string of the molecule is Cc1cc(Nc2cn(-c3ccccc3F)nc2C(N)=O)ncn1. The molecule has 0 atom stereocenters. The number of hydrogen-bond donors (Lipinski definition) is 2. The standard InChI is InChI=1S/C15H13FN6O/c1-9-6-13(19-8-18-9)20-11-7-22(21-14(11)15(17)23)12-5-3-2-4-10(12)16/h2-8H,1H3,(H2,17,23)(H,18,19,20). The predicted molar refractivity (Wildman–Crippen MR) is 82.1 cm³/mol. The molecule has 0 aliphatic carbocycles. The van der Waals surface area contributed by atoms with Gasteiger partial charge in [-0.3, -0.25) is 4.79 Å². The number of aromatic nitrogens is 4. The van der Waals surface area contributed by atoms with E-state index < -0.39 is 11.7 Å². The summed E-state index contributed by atoms with van der Waals surface area (Å²) in [6.45, 7) is 1.81. The topological polar surface area (TPSA) is 98.7 Å². The number of rotatable bonds is 4. The molecule has 2 aromatic heterocycles.